The third-order valence-electron chi connectivity index (χ3n) is 3.37. The molecule has 1 heterocycles. The Bertz CT molecular complexity index is 775. The Morgan fingerprint density at radius 2 is 1.83 bits per heavy atom. The Labute approximate surface area is 137 Å². The predicted octanol–water partition coefficient (Wildman–Crippen LogP) is 2.74. The van der Waals surface area contributed by atoms with Crippen LogP contribution in [0.4, 0.5) is 10.1 Å². The molecule has 1 aliphatic rings. The standard InChI is InChI=1S/C17H14FNO5/c1-10(24-17(21)11-2-4-12(18)5-3-11)16(20)19-13-6-7-14-15(8-13)23-9-22-14/h2-8,10H,9H2,1H3,(H,19,20)/t10-/m1/s1. The molecule has 3 rings (SSSR count). The number of rotatable bonds is 4. The maximum Gasteiger partial charge on any atom is 0.338 e. The van der Waals surface area contributed by atoms with Crippen molar-refractivity contribution in [2.45, 2.75) is 13.0 Å². The van der Waals surface area contributed by atoms with Gasteiger partial charge in [0.05, 0.1) is 5.56 Å². The smallest absolute Gasteiger partial charge is 0.338 e. The Kier molecular flexibility index (Phi) is 4.33. The number of halogens is 1. The van der Waals surface area contributed by atoms with Crippen LogP contribution in [0.3, 0.4) is 0 Å². The van der Waals surface area contributed by atoms with E-state index >= 15 is 0 Å². The zero-order chi connectivity index (χ0) is 17.1. The van der Waals surface area contributed by atoms with Gasteiger partial charge in [0.2, 0.25) is 6.79 Å². The lowest BCUT2D eigenvalue weighted by molar-refractivity contribution is -0.123. The fourth-order valence-electron chi connectivity index (χ4n) is 2.09. The molecule has 1 amide bonds. The lowest BCUT2D eigenvalue weighted by Crippen LogP contribution is -2.30. The van der Waals surface area contributed by atoms with E-state index in [0.717, 1.165) is 12.1 Å². The van der Waals surface area contributed by atoms with Gasteiger partial charge in [-0.25, -0.2) is 9.18 Å². The van der Waals surface area contributed by atoms with E-state index in [0.29, 0.717) is 17.2 Å². The maximum absolute atomic E-state index is 12.8. The molecule has 1 aliphatic heterocycles. The van der Waals surface area contributed by atoms with Crippen molar-refractivity contribution in [1.82, 2.24) is 0 Å². The molecule has 0 bridgehead atoms. The number of fused-ring (bicyclic) bond motifs is 1. The number of nitrogens with one attached hydrogen (secondary N) is 1. The molecule has 0 saturated carbocycles. The summed E-state index contributed by atoms with van der Waals surface area (Å²) in [5, 5.41) is 2.63. The second-order valence-corrected chi connectivity index (χ2v) is 5.11. The number of benzene rings is 2. The highest BCUT2D eigenvalue weighted by Gasteiger charge is 2.20. The first-order valence-electron chi connectivity index (χ1n) is 7.20. The third kappa shape index (κ3) is 3.45. The monoisotopic (exact) mass is 331 g/mol. The molecule has 0 aromatic heterocycles. The highest BCUT2D eigenvalue weighted by atomic mass is 19.1. The van der Waals surface area contributed by atoms with Gasteiger partial charge in [-0.05, 0) is 43.3 Å². The van der Waals surface area contributed by atoms with Gasteiger partial charge in [-0.1, -0.05) is 0 Å². The summed E-state index contributed by atoms with van der Waals surface area (Å²) in [5.74, 6) is -0.527. The summed E-state index contributed by atoms with van der Waals surface area (Å²) in [6.45, 7) is 1.59. The van der Waals surface area contributed by atoms with Crippen molar-refractivity contribution in [1.29, 1.82) is 0 Å². The summed E-state index contributed by atoms with van der Waals surface area (Å²) < 4.78 is 28.3. The minimum absolute atomic E-state index is 0.137. The van der Waals surface area contributed by atoms with Crippen molar-refractivity contribution in [3.05, 3.63) is 53.8 Å². The van der Waals surface area contributed by atoms with Crippen molar-refractivity contribution in [3.8, 4) is 11.5 Å². The molecule has 2 aromatic carbocycles. The molecular weight excluding hydrogens is 317 g/mol. The van der Waals surface area contributed by atoms with E-state index in [1.165, 1.54) is 19.1 Å². The van der Waals surface area contributed by atoms with Crippen LogP contribution in [0, 0.1) is 5.82 Å². The molecule has 0 spiro atoms. The van der Waals surface area contributed by atoms with Gasteiger partial charge < -0.3 is 19.5 Å². The summed E-state index contributed by atoms with van der Waals surface area (Å²) >= 11 is 0. The Hall–Kier alpha value is -3.09. The highest BCUT2D eigenvalue weighted by Crippen LogP contribution is 2.34. The van der Waals surface area contributed by atoms with E-state index in [-0.39, 0.29) is 12.4 Å². The number of anilines is 1. The van der Waals surface area contributed by atoms with Crippen molar-refractivity contribution >= 4 is 17.6 Å². The van der Waals surface area contributed by atoms with Gasteiger partial charge in [0, 0.05) is 11.8 Å². The van der Waals surface area contributed by atoms with Crippen LogP contribution in [0.5, 0.6) is 11.5 Å². The van der Waals surface area contributed by atoms with Gasteiger partial charge in [-0.15, -0.1) is 0 Å². The van der Waals surface area contributed by atoms with Crippen LogP contribution < -0.4 is 14.8 Å². The lowest BCUT2D eigenvalue weighted by Gasteiger charge is -2.13. The minimum Gasteiger partial charge on any atom is -0.454 e. The maximum atomic E-state index is 12.8. The quantitative estimate of drug-likeness (QED) is 0.872. The van der Waals surface area contributed by atoms with Crippen molar-refractivity contribution in [2.24, 2.45) is 0 Å². The first kappa shape index (κ1) is 15.8. The molecule has 0 radical (unpaired) electrons. The van der Waals surface area contributed by atoms with Gasteiger partial charge in [-0.3, -0.25) is 4.79 Å². The van der Waals surface area contributed by atoms with Crippen molar-refractivity contribution in [2.75, 3.05) is 12.1 Å². The molecule has 1 atom stereocenters. The number of hydrogen-bond acceptors (Lipinski definition) is 5. The van der Waals surface area contributed by atoms with Crippen molar-refractivity contribution in [3.63, 3.8) is 0 Å². The molecule has 0 unspecified atom stereocenters. The van der Waals surface area contributed by atoms with E-state index in [1.807, 2.05) is 0 Å². The summed E-state index contributed by atoms with van der Waals surface area (Å²) in [5.41, 5.74) is 0.660. The van der Waals surface area contributed by atoms with Gasteiger partial charge in [0.1, 0.15) is 5.82 Å². The molecule has 0 fully saturated rings. The van der Waals surface area contributed by atoms with E-state index in [1.54, 1.807) is 18.2 Å². The fourth-order valence-corrected chi connectivity index (χ4v) is 2.09. The lowest BCUT2D eigenvalue weighted by atomic mass is 10.2. The summed E-state index contributed by atoms with van der Waals surface area (Å²) in [4.78, 5) is 24.0. The SMILES string of the molecule is C[C@@H](OC(=O)c1ccc(F)cc1)C(=O)Nc1ccc2c(c1)OCO2. The second kappa shape index (κ2) is 6.57. The molecule has 2 aromatic rings. The largest absolute Gasteiger partial charge is 0.454 e. The fraction of sp³-hybridized carbons (Fsp3) is 0.176. The number of esters is 1. The van der Waals surface area contributed by atoms with E-state index in [9.17, 15) is 14.0 Å². The van der Waals surface area contributed by atoms with Crippen LogP contribution in [-0.4, -0.2) is 24.8 Å². The van der Waals surface area contributed by atoms with E-state index < -0.39 is 23.8 Å². The number of amides is 1. The predicted molar refractivity (Wildman–Crippen MR) is 82.5 cm³/mol. The molecule has 0 saturated heterocycles. The van der Waals surface area contributed by atoms with Crippen LogP contribution >= 0.6 is 0 Å². The summed E-state index contributed by atoms with van der Waals surface area (Å²) in [6, 6.07) is 9.82. The molecule has 24 heavy (non-hydrogen) atoms. The molecule has 6 nitrogen and oxygen atoms in total. The number of ether oxygens (including phenoxy) is 3. The highest BCUT2D eigenvalue weighted by molar-refractivity contribution is 5.97. The van der Waals surface area contributed by atoms with Crippen LogP contribution in [0.2, 0.25) is 0 Å². The molecule has 124 valence electrons. The zero-order valence-corrected chi connectivity index (χ0v) is 12.7. The number of carbonyl (C=O) groups excluding carboxylic acids is 2. The van der Waals surface area contributed by atoms with Crippen molar-refractivity contribution < 1.29 is 28.2 Å². The Morgan fingerprint density at radius 3 is 2.58 bits per heavy atom. The first-order chi connectivity index (χ1) is 11.5. The van der Waals surface area contributed by atoms with Gasteiger partial charge in [-0.2, -0.15) is 0 Å². The molecule has 7 heteroatoms. The zero-order valence-electron chi connectivity index (χ0n) is 12.7. The second-order valence-electron chi connectivity index (χ2n) is 5.11. The van der Waals surface area contributed by atoms with E-state index in [4.69, 9.17) is 14.2 Å². The first-order valence-corrected chi connectivity index (χ1v) is 7.20. The van der Waals surface area contributed by atoms with Crippen LogP contribution in [0.1, 0.15) is 17.3 Å². The van der Waals surface area contributed by atoms with Gasteiger partial charge in [0.25, 0.3) is 5.91 Å². The average Bonchev–Trinajstić information content (AvgIpc) is 3.03. The number of hydrogen-bond donors (Lipinski definition) is 1. The summed E-state index contributed by atoms with van der Waals surface area (Å²) in [7, 11) is 0. The molecule has 0 aliphatic carbocycles. The summed E-state index contributed by atoms with van der Waals surface area (Å²) in [6.07, 6.45) is -1.02. The minimum atomic E-state index is -1.02. The van der Waals surface area contributed by atoms with Gasteiger partial charge in [0.15, 0.2) is 17.6 Å². The Balaban J connectivity index is 1.60. The third-order valence-corrected chi connectivity index (χ3v) is 3.37. The van der Waals surface area contributed by atoms with Crippen LogP contribution in [-0.2, 0) is 9.53 Å². The molecular formula is C17H14FNO5. The topological polar surface area (TPSA) is 73.9 Å². The van der Waals surface area contributed by atoms with E-state index in [2.05, 4.69) is 5.32 Å². The van der Waals surface area contributed by atoms with Crippen LogP contribution in [0.15, 0.2) is 42.5 Å². The molecule has 1 N–H and O–H groups in total. The normalized spacial score (nSPS) is 13.2. The number of carbonyl (C=O) groups is 2. The Morgan fingerprint density at radius 1 is 1.12 bits per heavy atom. The average molecular weight is 331 g/mol. The van der Waals surface area contributed by atoms with Crippen LogP contribution in [0.25, 0.3) is 0 Å². The van der Waals surface area contributed by atoms with Gasteiger partial charge >= 0.3 is 5.97 Å².